The minimum absolute atomic E-state index is 0.361. The van der Waals surface area contributed by atoms with Crippen LogP contribution < -0.4 is 0 Å². The van der Waals surface area contributed by atoms with Crippen LogP contribution in [0.5, 0.6) is 0 Å². The zero-order valence-corrected chi connectivity index (χ0v) is 7.49. The number of benzene rings is 1. The number of carboxylic acid groups (broad SMARTS) is 1. The molecule has 0 fully saturated rings. The van der Waals surface area contributed by atoms with Crippen LogP contribution in [0.4, 0.5) is 9.18 Å². The van der Waals surface area contributed by atoms with E-state index >= 15 is 0 Å². The zero-order valence-electron chi connectivity index (χ0n) is 7.49. The van der Waals surface area contributed by atoms with Gasteiger partial charge in [-0.3, -0.25) is 4.57 Å². The second-order valence-corrected chi connectivity index (χ2v) is 3.11. The Morgan fingerprint density at radius 2 is 2.14 bits per heavy atom. The molecule has 0 amide bonds. The summed E-state index contributed by atoms with van der Waals surface area (Å²) in [6.45, 7) is 1.67. The van der Waals surface area contributed by atoms with E-state index < -0.39 is 6.09 Å². The van der Waals surface area contributed by atoms with Crippen molar-refractivity contribution in [1.82, 2.24) is 4.57 Å². The minimum Gasteiger partial charge on any atom is -0.464 e. The van der Waals surface area contributed by atoms with E-state index in [-0.39, 0.29) is 5.82 Å². The second-order valence-electron chi connectivity index (χ2n) is 3.11. The van der Waals surface area contributed by atoms with Crippen molar-refractivity contribution in [2.45, 2.75) is 6.92 Å². The third-order valence-electron chi connectivity index (χ3n) is 2.14. The van der Waals surface area contributed by atoms with Gasteiger partial charge in [-0.05, 0) is 31.2 Å². The predicted molar refractivity (Wildman–Crippen MR) is 50.1 cm³/mol. The van der Waals surface area contributed by atoms with Crippen molar-refractivity contribution in [2.24, 2.45) is 0 Å². The summed E-state index contributed by atoms with van der Waals surface area (Å²) in [5, 5.41) is 9.49. The maximum Gasteiger partial charge on any atom is 0.416 e. The minimum atomic E-state index is -1.05. The zero-order chi connectivity index (χ0) is 10.3. The smallest absolute Gasteiger partial charge is 0.416 e. The van der Waals surface area contributed by atoms with Crippen molar-refractivity contribution in [3.8, 4) is 0 Å². The van der Waals surface area contributed by atoms with Crippen molar-refractivity contribution in [2.75, 3.05) is 0 Å². The van der Waals surface area contributed by atoms with Crippen LogP contribution in [-0.4, -0.2) is 15.8 Å². The Morgan fingerprint density at radius 1 is 1.43 bits per heavy atom. The molecule has 0 aliphatic heterocycles. The van der Waals surface area contributed by atoms with Gasteiger partial charge in [-0.1, -0.05) is 0 Å². The Bertz CT molecular complexity index is 516. The first-order valence-electron chi connectivity index (χ1n) is 4.10. The van der Waals surface area contributed by atoms with Crippen LogP contribution >= 0.6 is 0 Å². The molecule has 4 heteroatoms. The molecule has 14 heavy (non-hydrogen) atoms. The summed E-state index contributed by atoms with van der Waals surface area (Å²) in [5.74, 6) is -0.361. The van der Waals surface area contributed by atoms with E-state index in [1.54, 1.807) is 13.0 Å². The lowest BCUT2D eigenvalue weighted by atomic mass is 10.2. The first-order chi connectivity index (χ1) is 6.59. The molecular formula is C10H8FNO2. The molecule has 1 heterocycles. The summed E-state index contributed by atoms with van der Waals surface area (Å²) in [5.41, 5.74) is 1.09. The lowest BCUT2D eigenvalue weighted by Crippen LogP contribution is -2.08. The van der Waals surface area contributed by atoms with Crippen LogP contribution in [0.25, 0.3) is 10.9 Å². The average Bonchev–Trinajstić information content (AvgIpc) is 2.39. The number of nitrogens with zero attached hydrogens (tertiary/aromatic N) is 1. The van der Waals surface area contributed by atoms with Crippen LogP contribution in [0.3, 0.4) is 0 Å². The van der Waals surface area contributed by atoms with E-state index in [0.717, 1.165) is 4.57 Å². The average molecular weight is 193 g/mol. The fourth-order valence-corrected chi connectivity index (χ4v) is 1.58. The lowest BCUT2D eigenvalue weighted by Gasteiger charge is -1.99. The summed E-state index contributed by atoms with van der Waals surface area (Å²) < 4.78 is 14.0. The largest absolute Gasteiger partial charge is 0.464 e. The monoisotopic (exact) mass is 193 g/mol. The predicted octanol–water partition coefficient (Wildman–Crippen LogP) is 2.61. The SMILES string of the molecule is Cc1cc2cc(F)ccc2n1C(=O)O. The van der Waals surface area contributed by atoms with Crippen LogP contribution in [0, 0.1) is 12.7 Å². The van der Waals surface area contributed by atoms with Crippen molar-refractivity contribution >= 4 is 17.0 Å². The summed E-state index contributed by atoms with van der Waals surface area (Å²) in [4.78, 5) is 10.9. The second kappa shape index (κ2) is 2.83. The molecule has 1 aromatic heterocycles. The molecule has 0 bridgehead atoms. The standard InChI is InChI=1S/C10H8FNO2/c1-6-4-7-5-8(11)2-3-9(7)12(6)10(13)14/h2-5H,1H3,(H,13,14). The van der Waals surface area contributed by atoms with Crippen molar-refractivity contribution in [3.05, 3.63) is 35.8 Å². The van der Waals surface area contributed by atoms with Crippen LogP contribution in [0.2, 0.25) is 0 Å². The van der Waals surface area contributed by atoms with Gasteiger partial charge in [0.15, 0.2) is 0 Å². The van der Waals surface area contributed by atoms with Gasteiger partial charge >= 0.3 is 6.09 Å². The number of halogens is 1. The van der Waals surface area contributed by atoms with Crippen LogP contribution in [-0.2, 0) is 0 Å². The number of aryl methyl sites for hydroxylation is 1. The number of rotatable bonds is 0. The van der Waals surface area contributed by atoms with Gasteiger partial charge in [0.2, 0.25) is 0 Å². The normalized spacial score (nSPS) is 10.7. The maximum atomic E-state index is 12.8. The van der Waals surface area contributed by atoms with Crippen molar-refractivity contribution in [1.29, 1.82) is 0 Å². The molecule has 0 unspecified atom stereocenters. The molecule has 1 aromatic carbocycles. The van der Waals surface area contributed by atoms with E-state index in [9.17, 15) is 9.18 Å². The Labute approximate surface area is 79.4 Å². The van der Waals surface area contributed by atoms with Gasteiger partial charge in [0.25, 0.3) is 0 Å². The first-order valence-corrected chi connectivity index (χ1v) is 4.10. The van der Waals surface area contributed by atoms with E-state index in [1.807, 2.05) is 0 Å². The first kappa shape index (κ1) is 8.74. The Morgan fingerprint density at radius 3 is 2.79 bits per heavy atom. The van der Waals surface area contributed by atoms with Gasteiger partial charge in [-0.15, -0.1) is 0 Å². The number of aromatic nitrogens is 1. The Hall–Kier alpha value is -1.84. The molecule has 0 aliphatic carbocycles. The maximum absolute atomic E-state index is 12.8. The third-order valence-corrected chi connectivity index (χ3v) is 2.14. The van der Waals surface area contributed by atoms with E-state index in [4.69, 9.17) is 5.11 Å². The van der Waals surface area contributed by atoms with Crippen molar-refractivity contribution in [3.63, 3.8) is 0 Å². The van der Waals surface area contributed by atoms with Gasteiger partial charge in [-0.2, -0.15) is 0 Å². The number of hydrogen-bond acceptors (Lipinski definition) is 1. The molecule has 0 saturated heterocycles. The fourth-order valence-electron chi connectivity index (χ4n) is 1.58. The molecule has 0 spiro atoms. The van der Waals surface area contributed by atoms with E-state index in [0.29, 0.717) is 16.6 Å². The Kier molecular flexibility index (Phi) is 1.77. The molecular weight excluding hydrogens is 185 g/mol. The molecule has 0 aliphatic rings. The van der Waals surface area contributed by atoms with E-state index in [1.165, 1.54) is 18.2 Å². The molecule has 0 saturated carbocycles. The highest BCUT2D eigenvalue weighted by Gasteiger charge is 2.10. The molecule has 0 radical (unpaired) electrons. The molecule has 2 rings (SSSR count). The molecule has 2 aromatic rings. The number of hydrogen-bond donors (Lipinski definition) is 1. The van der Waals surface area contributed by atoms with Gasteiger partial charge in [0, 0.05) is 11.1 Å². The third kappa shape index (κ3) is 1.16. The van der Waals surface area contributed by atoms with Crippen molar-refractivity contribution < 1.29 is 14.3 Å². The summed E-state index contributed by atoms with van der Waals surface area (Å²) >= 11 is 0. The summed E-state index contributed by atoms with van der Waals surface area (Å²) in [7, 11) is 0. The summed E-state index contributed by atoms with van der Waals surface area (Å²) in [6, 6.07) is 5.68. The topological polar surface area (TPSA) is 42.2 Å². The number of fused-ring (bicyclic) bond motifs is 1. The van der Waals surface area contributed by atoms with E-state index in [2.05, 4.69) is 0 Å². The summed E-state index contributed by atoms with van der Waals surface area (Å²) in [6.07, 6.45) is -1.05. The molecule has 0 atom stereocenters. The fraction of sp³-hybridized carbons (Fsp3) is 0.100. The van der Waals surface area contributed by atoms with Crippen LogP contribution in [0.15, 0.2) is 24.3 Å². The highest BCUT2D eigenvalue weighted by Crippen LogP contribution is 2.20. The van der Waals surface area contributed by atoms with Gasteiger partial charge in [0.1, 0.15) is 5.82 Å². The highest BCUT2D eigenvalue weighted by molar-refractivity contribution is 5.90. The molecule has 72 valence electrons. The molecule has 1 N–H and O–H groups in total. The Balaban J connectivity index is 2.84. The quantitative estimate of drug-likeness (QED) is 0.698. The van der Waals surface area contributed by atoms with Crippen LogP contribution in [0.1, 0.15) is 5.69 Å². The lowest BCUT2D eigenvalue weighted by molar-refractivity contribution is 0.197. The number of carbonyl (C=O) groups is 1. The van der Waals surface area contributed by atoms with Gasteiger partial charge in [-0.25, -0.2) is 9.18 Å². The highest BCUT2D eigenvalue weighted by atomic mass is 19.1. The molecule has 3 nitrogen and oxygen atoms in total. The van der Waals surface area contributed by atoms with Gasteiger partial charge in [0.05, 0.1) is 5.52 Å². The van der Waals surface area contributed by atoms with Gasteiger partial charge < -0.3 is 5.11 Å².